The zero-order valence-corrected chi connectivity index (χ0v) is 11.2. The van der Waals surface area contributed by atoms with Gasteiger partial charge in [0.25, 0.3) is 0 Å². The van der Waals surface area contributed by atoms with E-state index in [1.807, 2.05) is 30.3 Å². The lowest BCUT2D eigenvalue weighted by Gasteiger charge is -2.06. The Kier molecular flexibility index (Phi) is 5.31. The van der Waals surface area contributed by atoms with E-state index < -0.39 is 0 Å². The molecule has 0 aliphatic carbocycles. The van der Waals surface area contributed by atoms with Gasteiger partial charge < -0.3 is 10.1 Å². The van der Waals surface area contributed by atoms with Gasteiger partial charge in [-0.25, -0.2) is 4.98 Å². The Morgan fingerprint density at radius 1 is 1.05 bits per heavy atom. The molecule has 1 aromatic heterocycles. The highest BCUT2D eigenvalue weighted by atomic mass is 16.5. The highest BCUT2D eigenvalue weighted by Gasteiger charge is 1.98. The second kappa shape index (κ2) is 7.48. The first-order chi connectivity index (χ1) is 9.38. The maximum atomic E-state index is 5.60. The summed E-state index contributed by atoms with van der Waals surface area (Å²) >= 11 is 0. The van der Waals surface area contributed by atoms with Crippen molar-refractivity contribution in [1.29, 1.82) is 0 Å². The number of anilines is 1. The Balaban J connectivity index is 1.77. The van der Waals surface area contributed by atoms with Crippen LogP contribution in [0.3, 0.4) is 0 Å². The van der Waals surface area contributed by atoms with Crippen molar-refractivity contribution >= 4 is 5.82 Å². The Bertz CT molecular complexity index is 471. The van der Waals surface area contributed by atoms with E-state index in [2.05, 4.69) is 22.2 Å². The first-order valence-corrected chi connectivity index (χ1v) is 6.55. The number of aromatic nitrogens is 2. The normalized spacial score (nSPS) is 10.4. The van der Waals surface area contributed by atoms with Crippen molar-refractivity contribution in [3.8, 4) is 0 Å². The van der Waals surface area contributed by atoms with Crippen molar-refractivity contribution in [2.24, 2.45) is 0 Å². The summed E-state index contributed by atoms with van der Waals surface area (Å²) in [7, 11) is 0. The van der Waals surface area contributed by atoms with Crippen LogP contribution in [0.4, 0.5) is 5.82 Å². The molecule has 0 amide bonds. The van der Waals surface area contributed by atoms with E-state index in [9.17, 15) is 0 Å². The van der Waals surface area contributed by atoms with Crippen molar-refractivity contribution < 1.29 is 4.74 Å². The number of benzene rings is 1. The summed E-state index contributed by atoms with van der Waals surface area (Å²) in [5, 5.41) is 3.19. The zero-order chi connectivity index (χ0) is 13.3. The quantitative estimate of drug-likeness (QED) is 0.828. The molecule has 0 spiro atoms. The monoisotopic (exact) mass is 257 g/mol. The van der Waals surface area contributed by atoms with Gasteiger partial charge in [0.1, 0.15) is 5.82 Å². The van der Waals surface area contributed by atoms with Crippen molar-refractivity contribution in [3.05, 3.63) is 54.0 Å². The highest BCUT2D eigenvalue weighted by molar-refractivity contribution is 5.30. The fourth-order valence-corrected chi connectivity index (χ4v) is 1.62. The van der Waals surface area contributed by atoms with Crippen LogP contribution < -0.4 is 5.32 Å². The third-order valence-electron chi connectivity index (χ3n) is 2.62. The van der Waals surface area contributed by atoms with Crippen molar-refractivity contribution in [2.75, 3.05) is 11.9 Å². The van der Waals surface area contributed by atoms with Crippen LogP contribution in [-0.2, 0) is 18.0 Å². The number of nitrogens with zero attached hydrogens (tertiary/aromatic N) is 2. The van der Waals surface area contributed by atoms with Crippen molar-refractivity contribution in [3.63, 3.8) is 0 Å². The van der Waals surface area contributed by atoms with E-state index in [-0.39, 0.29) is 0 Å². The Labute approximate surface area is 113 Å². The van der Waals surface area contributed by atoms with Gasteiger partial charge in [-0.2, -0.15) is 0 Å². The maximum absolute atomic E-state index is 5.60. The molecule has 100 valence electrons. The second-order valence-electron chi connectivity index (χ2n) is 4.30. The molecular formula is C15H19N3O. The van der Waals surface area contributed by atoms with Gasteiger partial charge in [-0.15, -0.1) is 0 Å². The summed E-state index contributed by atoms with van der Waals surface area (Å²) in [6.07, 6.45) is 4.57. The molecule has 0 bridgehead atoms. The Morgan fingerprint density at radius 2 is 1.89 bits per heavy atom. The van der Waals surface area contributed by atoms with Gasteiger partial charge in [-0.1, -0.05) is 37.3 Å². The fraction of sp³-hybridized carbons (Fsp3) is 0.333. The van der Waals surface area contributed by atoms with Crippen molar-refractivity contribution in [1.82, 2.24) is 9.97 Å². The number of hydrogen-bond donors (Lipinski definition) is 1. The molecule has 1 N–H and O–H groups in total. The van der Waals surface area contributed by atoms with Gasteiger partial charge >= 0.3 is 0 Å². The molecule has 2 rings (SSSR count). The average Bonchev–Trinajstić information content (AvgIpc) is 2.47. The number of hydrogen-bond acceptors (Lipinski definition) is 4. The second-order valence-corrected chi connectivity index (χ2v) is 4.30. The standard InChI is InChI=1S/C15H19N3O/c1-2-8-16-15-10-17-14(9-18-15)12-19-11-13-6-4-3-5-7-13/h3-7,9-10H,2,8,11-12H2,1H3,(H,16,18). The van der Waals surface area contributed by atoms with E-state index in [1.54, 1.807) is 12.4 Å². The van der Waals surface area contributed by atoms with E-state index in [0.29, 0.717) is 13.2 Å². The zero-order valence-electron chi connectivity index (χ0n) is 11.2. The molecule has 0 aliphatic heterocycles. The summed E-state index contributed by atoms with van der Waals surface area (Å²) in [4.78, 5) is 8.60. The molecule has 0 saturated carbocycles. The van der Waals surface area contributed by atoms with Gasteiger partial charge in [0.05, 0.1) is 31.3 Å². The predicted molar refractivity (Wildman–Crippen MR) is 75.7 cm³/mol. The highest BCUT2D eigenvalue weighted by Crippen LogP contribution is 2.05. The number of rotatable bonds is 7. The molecule has 0 aliphatic rings. The summed E-state index contributed by atoms with van der Waals surface area (Å²) in [5.41, 5.74) is 2.01. The van der Waals surface area contributed by atoms with Crippen molar-refractivity contribution in [2.45, 2.75) is 26.6 Å². The largest absolute Gasteiger partial charge is 0.370 e. The lowest BCUT2D eigenvalue weighted by molar-refractivity contribution is 0.104. The van der Waals surface area contributed by atoms with Crippen LogP contribution in [0.25, 0.3) is 0 Å². The molecule has 0 radical (unpaired) electrons. The molecule has 0 saturated heterocycles. The fourth-order valence-electron chi connectivity index (χ4n) is 1.62. The molecule has 4 heteroatoms. The van der Waals surface area contributed by atoms with Crippen LogP contribution in [0.2, 0.25) is 0 Å². The molecule has 2 aromatic rings. The molecular weight excluding hydrogens is 238 g/mol. The molecule has 19 heavy (non-hydrogen) atoms. The summed E-state index contributed by atoms with van der Waals surface area (Å²) in [6.45, 7) is 4.11. The Hall–Kier alpha value is -1.94. The first-order valence-electron chi connectivity index (χ1n) is 6.55. The number of nitrogens with one attached hydrogen (secondary N) is 1. The molecule has 1 heterocycles. The molecule has 0 fully saturated rings. The van der Waals surface area contributed by atoms with Gasteiger partial charge in [0, 0.05) is 6.54 Å². The first kappa shape index (κ1) is 13.5. The smallest absolute Gasteiger partial charge is 0.144 e. The minimum Gasteiger partial charge on any atom is -0.370 e. The molecule has 0 unspecified atom stereocenters. The lowest BCUT2D eigenvalue weighted by Crippen LogP contribution is -2.04. The summed E-state index contributed by atoms with van der Waals surface area (Å²) in [5.74, 6) is 0.814. The van der Waals surface area contributed by atoms with Crippen LogP contribution in [0.1, 0.15) is 24.6 Å². The van der Waals surface area contributed by atoms with Crippen LogP contribution in [0, 0.1) is 0 Å². The lowest BCUT2D eigenvalue weighted by atomic mass is 10.2. The topological polar surface area (TPSA) is 47.0 Å². The van der Waals surface area contributed by atoms with E-state index in [1.165, 1.54) is 0 Å². The van der Waals surface area contributed by atoms with E-state index >= 15 is 0 Å². The van der Waals surface area contributed by atoms with Crippen LogP contribution in [-0.4, -0.2) is 16.5 Å². The SMILES string of the molecule is CCCNc1cnc(COCc2ccccc2)cn1. The van der Waals surface area contributed by atoms with Gasteiger partial charge in [0.15, 0.2) is 0 Å². The van der Waals surface area contributed by atoms with Gasteiger partial charge in [-0.05, 0) is 12.0 Å². The summed E-state index contributed by atoms with van der Waals surface area (Å²) < 4.78 is 5.60. The third-order valence-corrected chi connectivity index (χ3v) is 2.62. The van der Waals surface area contributed by atoms with E-state index in [4.69, 9.17) is 4.74 Å². The minimum atomic E-state index is 0.482. The van der Waals surface area contributed by atoms with Crippen LogP contribution >= 0.6 is 0 Å². The van der Waals surface area contributed by atoms with Crippen LogP contribution in [0.15, 0.2) is 42.7 Å². The molecule has 1 aromatic carbocycles. The molecule has 4 nitrogen and oxygen atoms in total. The van der Waals surface area contributed by atoms with Gasteiger partial charge in [-0.3, -0.25) is 4.98 Å². The third kappa shape index (κ3) is 4.67. The van der Waals surface area contributed by atoms with E-state index in [0.717, 1.165) is 30.0 Å². The predicted octanol–water partition coefficient (Wildman–Crippen LogP) is 3.02. The maximum Gasteiger partial charge on any atom is 0.144 e. The number of ether oxygens (including phenoxy) is 1. The summed E-state index contributed by atoms with van der Waals surface area (Å²) in [6, 6.07) is 10.1. The van der Waals surface area contributed by atoms with Gasteiger partial charge in [0.2, 0.25) is 0 Å². The van der Waals surface area contributed by atoms with Crippen LogP contribution in [0.5, 0.6) is 0 Å². The average molecular weight is 257 g/mol. The molecule has 0 atom stereocenters. The Morgan fingerprint density at radius 3 is 2.58 bits per heavy atom. The minimum absolute atomic E-state index is 0.482.